The van der Waals surface area contributed by atoms with E-state index in [0.717, 1.165) is 11.1 Å². The summed E-state index contributed by atoms with van der Waals surface area (Å²) in [5.41, 5.74) is 2.58. The average Bonchev–Trinajstić information content (AvgIpc) is 2.78. The Balaban J connectivity index is 1.79. The Morgan fingerprint density at radius 2 is 1.50 bits per heavy atom. The van der Waals surface area contributed by atoms with Crippen LogP contribution < -0.4 is 14.9 Å². The Kier molecular flexibility index (Phi) is 4.93. The second-order valence-electron chi connectivity index (χ2n) is 6.56. The number of fused-ring (bicyclic) bond motifs is 1. The molecule has 0 fully saturated rings. The molecule has 0 aliphatic carbocycles. The third-order valence-electron chi connectivity index (χ3n) is 4.79. The normalized spacial score (nSPS) is 10.7. The lowest BCUT2D eigenvalue weighted by Crippen LogP contribution is -2.02. The van der Waals surface area contributed by atoms with E-state index in [1.165, 1.54) is 32.4 Å². The number of hydrogen-bond donors (Lipinski definition) is 0. The molecule has 0 N–H and O–H groups in total. The number of ether oxygens (including phenoxy) is 2. The van der Waals surface area contributed by atoms with Crippen molar-refractivity contribution in [1.29, 1.82) is 0 Å². The van der Waals surface area contributed by atoms with Crippen molar-refractivity contribution in [2.24, 2.45) is 0 Å². The zero-order valence-electron chi connectivity index (χ0n) is 16.2. The lowest BCUT2D eigenvalue weighted by molar-refractivity contribution is -0.384. The standard InChI is InChI=1S/C23H17NO6/c1-28-22-11-18-19(25)12-20(30-21(18)13-23(22)29-2)16-5-3-4-15(10-16)14-6-8-17(9-7-14)24(26)27/h3-13H,1-2H3. The fourth-order valence-electron chi connectivity index (χ4n) is 3.25. The van der Waals surface area contributed by atoms with Crippen molar-refractivity contribution in [2.75, 3.05) is 14.2 Å². The van der Waals surface area contributed by atoms with E-state index in [9.17, 15) is 14.9 Å². The van der Waals surface area contributed by atoms with Crippen molar-refractivity contribution in [3.8, 4) is 33.9 Å². The van der Waals surface area contributed by atoms with E-state index in [0.29, 0.717) is 33.8 Å². The highest BCUT2D eigenvalue weighted by Crippen LogP contribution is 2.33. The number of nitrogens with zero attached hydrogens (tertiary/aromatic N) is 1. The molecule has 0 aliphatic heterocycles. The summed E-state index contributed by atoms with van der Waals surface area (Å²) in [7, 11) is 3.02. The van der Waals surface area contributed by atoms with Crippen LogP contribution in [0.3, 0.4) is 0 Å². The first-order chi connectivity index (χ1) is 14.5. The predicted molar refractivity (Wildman–Crippen MR) is 113 cm³/mol. The summed E-state index contributed by atoms with van der Waals surface area (Å²) >= 11 is 0. The molecule has 30 heavy (non-hydrogen) atoms. The fourth-order valence-corrected chi connectivity index (χ4v) is 3.25. The van der Waals surface area contributed by atoms with Crippen LogP contribution >= 0.6 is 0 Å². The van der Waals surface area contributed by atoms with E-state index in [2.05, 4.69) is 0 Å². The summed E-state index contributed by atoms with van der Waals surface area (Å²) in [5, 5.41) is 11.3. The van der Waals surface area contributed by atoms with Crippen LogP contribution in [-0.4, -0.2) is 19.1 Å². The summed E-state index contributed by atoms with van der Waals surface area (Å²) in [4.78, 5) is 23.1. The largest absolute Gasteiger partial charge is 0.493 e. The van der Waals surface area contributed by atoms with Gasteiger partial charge in [-0.05, 0) is 35.4 Å². The van der Waals surface area contributed by atoms with Crippen LogP contribution in [0, 0.1) is 10.1 Å². The van der Waals surface area contributed by atoms with Crippen LogP contribution in [0.25, 0.3) is 33.4 Å². The summed E-state index contributed by atoms with van der Waals surface area (Å²) in [6.45, 7) is 0. The zero-order chi connectivity index (χ0) is 21.3. The van der Waals surface area contributed by atoms with E-state index in [-0.39, 0.29) is 11.1 Å². The number of nitro benzene ring substituents is 1. The van der Waals surface area contributed by atoms with Gasteiger partial charge in [-0.15, -0.1) is 0 Å². The smallest absolute Gasteiger partial charge is 0.269 e. The van der Waals surface area contributed by atoms with Crippen molar-refractivity contribution in [3.63, 3.8) is 0 Å². The number of methoxy groups -OCH3 is 2. The van der Waals surface area contributed by atoms with Gasteiger partial charge >= 0.3 is 0 Å². The van der Waals surface area contributed by atoms with Crippen molar-refractivity contribution >= 4 is 16.7 Å². The predicted octanol–water partition coefficient (Wildman–Crippen LogP) is 5.05. The van der Waals surface area contributed by atoms with Gasteiger partial charge in [0.25, 0.3) is 5.69 Å². The van der Waals surface area contributed by atoms with Gasteiger partial charge in [-0.3, -0.25) is 14.9 Å². The molecule has 4 aromatic rings. The molecule has 0 bridgehead atoms. The lowest BCUT2D eigenvalue weighted by atomic mass is 10.0. The number of hydrogen-bond acceptors (Lipinski definition) is 6. The van der Waals surface area contributed by atoms with E-state index in [4.69, 9.17) is 13.9 Å². The first-order valence-electron chi connectivity index (χ1n) is 9.05. The van der Waals surface area contributed by atoms with Crippen molar-refractivity contribution in [1.82, 2.24) is 0 Å². The molecule has 0 amide bonds. The molecule has 0 aliphatic rings. The number of nitro groups is 1. The Morgan fingerprint density at radius 3 is 2.17 bits per heavy atom. The van der Waals surface area contributed by atoms with Gasteiger partial charge in [-0.25, -0.2) is 0 Å². The van der Waals surface area contributed by atoms with E-state index >= 15 is 0 Å². The van der Waals surface area contributed by atoms with Gasteiger partial charge in [0.1, 0.15) is 11.3 Å². The lowest BCUT2D eigenvalue weighted by Gasteiger charge is -2.10. The van der Waals surface area contributed by atoms with Crippen molar-refractivity contribution in [2.45, 2.75) is 0 Å². The molecule has 3 aromatic carbocycles. The molecule has 7 heteroatoms. The molecule has 0 spiro atoms. The fraction of sp³-hybridized carbons (Fsp3) is 0.0870. The Bertz CT molecular complexity index is 1310. The van der Waals surface area contributed by atoms with Gasteiger partial charge in [0.15, 0.2) is 16.9 Å². The third-order valence-corrected chi connectivity index (χ3v) is 4.79. The summed E-state index contributed by atoms with van der Waals surface area (Å²) in [6, 6.07) is 18.4. The zero-order valence-corrected chi connectivity index (χ0v) is 16.2. The average molecular weight is 403 g/mol. The van der Waals surface area contributed by atoms with Gasteiger partial charge in [-0.2, -0.15) is 0 Å². The molecular weight excluding hydrogens is 386 g/mol. The molecule has 0 radical (unpaired) electrons. The monoisotopic (exact) mass is 403 g/mol. The van der Waals surface area contributed by atoms with Crippen LogP contribution in [0.5, 0.6) is 11.5 Å². The molecule has 1 heterocycles. The highest BCUT2D eigenvalue weighted by molar-refractivity contribution is 5.83. The van der Waals surface area contributed by atoms with Gasteiger partial charge < -0.3 is 13.9 Å². The second-order valence-corrected chi connectivity index (χ2v) is 6.56. The van der Waals surface area contributed by atoms with Crippen molar-refractivity contribution < 1.29 is 18.8 Å². The highest BCUT2D eigenvalue weighted by Gasteiger charge is 2.13. The highest BCUT2D eigenvalue weighted by atomic mass is 16.6. The quantitative estimate of drug-likeness (QED) is 0.342. The van der Waals surface area contributed by atoms with Gasteiger partial charge in [0.05, 0.1) is 24.5 Å². The van der Waals surface area contributed by atoms with E-state index < -0.39 is 4.92 Å². The molecular formula is C23H17NO6. The maximum Gasteiger partial charge on any atom is 0.269 e. The molecule has 4 rings (SSSR count). The van der Waals surface area contributed by atoms with E-state index in [1.54, 1.807) is 24.3 Å². The molecule has 1 aromatic heterocycles. The molecule has 0 saturated carbocycles. The van der Waals surface area contributed by atoms with E-state index in [1.807, 2.05) is 24.3 Å². The van der Waals surface area contributed by atoms with Crippen LogP contribution in [-0.2, 0) is 0 Å². The summed E-state index contributed by atoms with van der Waals surface area (Å²) in [5.74, 6) is 1.32. The Labute approximate surface area is 171 Å². The Morgan fingerprint density at radius 1 is 0.833 bits per heavy atom. The number of non-ortho nitro benzene ring substituents is 1. The maximum atomic E-state index is 12.7. The minimum absolute atomic E-state index is 0.0276. The third kappa shape index (κ3) is 3.48. The second kappa shape index (κ2) is 7.71. The molecule has 0 saturated heterocycles. The first-order valence-corrected chi connectivity index (χ1v) is 9.05. The molecule has 150 valence electrons. The maximum absolute atomic E-state index is 12.7. The number of benzene rings is 3. The molecule has 7 nitrogen and oxygen atoms in total. The minimum Gasteiger partial charge on any atom is -0.493 e. The van der Waals surface area contributed by atoms with Gasteiger partial charge in [-0.1, -0.05) is 18.2 Å². The first kappa shape index (κ1) is 19.2. The van der Waals surface area contributed by atoms with Crippen LogP contribution in [0.2, 0.25) is 0 Å². The molecule has 0 atom stereocenters. The van der Waals surface area contributed by atoms with Crippen LogP contribution in [0.4, 0.5) is 5.69 Å². The van der Waals surface area contributed by atoms with Gasteiger partial charge in [0.2, 0.25) is 0 Å². The van der Waals surface area contributed by atoms with Crippen molar-refractivity contribution in [3.05, 3.63) is 87.1 Å². The topological polar surface area (TPSA) is 91.8 Å². The Hall–Kier alpha value is -4.13. The summed E-state index contributed by atoms with van der Waals surface area (Å²) in [6.07, 6.45) is 0. The van der Waals surface area contributed by atoms with Gasteiger partial charge in [0, 0.05) is 29.8 Å². The van der Waals surface area contributed by atoms with Crippen LogP contribution in [0.1, 0.15) is 0 Å². The summed E-state index contributed by atoms with van der Waals surface area (Å²) < 4.78 is 16.5. The van der Waals surface area contributed by atoms with Crippen LogP contribution in [0.15, 0.2) is 75.9 Å². The minimum atomic E-state index is -0.437. The SMILES string of the molecule is COc1cc2oc(-c3cccc(-c4ccc([N+](=O)[O-])cc4)c3)cc(=O)c2cc1OC. The number of rotatable bonds is 5. The molecule has 0 unspecified atom stereocenters.